The van der Waals surface area contributed by atoms with Crippen LogP contribution in [0.3, 0.4) is 0 Å². The summed E-state index contributed by atoms with van der Waals surface area (Å²) in [5, 5.41) is 12.0. The predicted octanol–water partition coefficient (Wildman–Crippen LogP) is 2.99. The van der Waals surface area contributed by atoms with E-state index >= 15 is 0 Å². The maximum absolute atomic E-state index is 6.02. The van der Waals surface area contributed by atoms with Crippen LogP contribution < -0.4 is 10.6 Å². The van der Waals surface area contributed by atoms with Crippen molar-refractivity contribution < 1.29 is 0 Å². The summed E-state index contributed by atoms with van der Waals surface area (Å²) < 4.78 is 1.93. The molecule has 0 saturated carbocycles. The molecule has 0 bridgehead atoms. The molecule has 1 atom stereocenters. The highest BCUT2D eigenvalue weighted by atomic mass is 35.5. The summed E-state index contributed by atoms with van der Waals surface area (Å²) in [5.41, 5.74) is 4.72. The second kappa shape index (κ2) is 8.20. The highest BCUT2D eigenvalue weighted by Gasteiger charge is 2.13. The van der Waals surface area contributed by atoms with Crippen molar-refractivity contribution in [1.29, 1.82) is 0 Å². The SMILES string of the molecule is CN=C(NCc1cccc(Cl)c1)NC(C)Cc1c(C)nn(C)c1C. The first-order chi connectivity index (χ1) is 11.4. The van der Waals surface area contributed by atoms with Gasteiger partial charge in [-0.25, -0.2) is 0 Å². The number of aryl methyl sites for hydroxylation is 2. The number of hydrogen-bond acceptors (Lipinski definition) is 2. The first-order valence-electron chi connectivity index (χ1n) is 8.11. The van der Waals surface area contributed by atoms with Crippen molar-refractivity contribution in [3.05, 3.63) is 51.8 Å². The number of rotatable bonds is 5. The Balaban J connectivity index is 1.92. The number of nitrogens with zero attached hydrogens (tertiary/aromatic N) is 3. The molecule has 0 saturated heterocycles. The van der Waals surface area contributed by atoms with Gasteiger partial charge in [-0.15, -0.1) is 0 Å². The van der Waals surface area contributed by atoms with Gasteiger partial charge in [-0.2, -0.15) is 5.10 Å². The molecule has 2 N–H and O–H groups in total. The third-order valence-electron chi connectivity index (χ3n) is 4.12. The average molecular weight is 348 g/mol. The third-order valence-corrected chi connectivity index (χ3v) is 4.36. The second-order valence-corrected chi connectivity index (χ2v) is 6.51. The minimum absolute atomic E-state index is 0.247. The Bertz CT molecular complexity index is 720. The molecule has 0 spiro atoms. The van der Waals surface area contributed by atoms with Gasteiger partial charge in [0.15, 0.2) is 5.96 Å². The van der Waals surface area contributed by atoms with Crippen molar-refractivity contribution in [3.8, 4) is 0 Å². The predicted molar refractivity (Wildman–Crippen MR) is 101 cm³/mol. The van der Waals surface area contributed by atoms with Crippen molar-refractivity contribution in [2.75, 3.05) is 7.05 Å². The lowest BCUT2D eigenvalue weighted by molar-refractivity contribution is 0.635. The standard InChI is InChI=1S/C18H26ClN5/c1-12(9-17-13(2)23-24(5)14(17)3)22-18(20-4)21-11-15-7-6-8-16(19)10-15/h6-8,10,12H,9,11H2,1-5H3,(H2,20,21,22). The number of halogens is 1. The summed E-state index contributed by atoms with van der Waals surface area (Å²) in [6.45, 7) is 6.99. The fraction of sp³-hybridized carbons (Fsp3) is 0.444. The molecule has 0 fully saturated rings. The van der Waals surface area contributed by atoms with Crippen LogP contribution in [0.1, 0.15) is 29.4 Å². The van der Waals surface area contributed by atoms with Gasteiger partial charge in [0.2, 0.25) is 0 Å². The van der Waals surface area contributed by atoms with E-state index < -0.39 is 0 Å². The fourth-order valence-electron chi connectivity index (χ4n) is 2.73. The first-order valence-corrected chi connectivity index (χ1v) is 8.49. The summed E-state index contributed by atoms with van der Waals surface area (Å²) in [5.74, 6) is 0.779. The van der Waals surface area contributed by atoms with E-state index in [9.17, 15) is 0 Å². The average Bonchev–Trinajstić information content (AvgIpc) is 2.78. The lowest BCUT2D eigenvalue weighted by atomic mass is 10.1. The van der Waals surface area contributed by atoms with E-state index in [2.05, 4.69) is 41.5 Å². The highest BCUT2D eigenvalue weighted by molar-refractivity contribution is 6.30. The zero-order chi connectivity index (χ0) is 17.7. The molecular formula is C18H26ClN5. The lowest BCUT2D eigenvalue weighted by Crippen LogP contribution is -2.42. The largest absolute Gasteiger partial charge is 0.354 e. The number of aromatic nitrogens is 2. The number of hydrogen-bond donors (Lipinski definition) is 2. The molecule has 0 aliphatic rings. The van der Waals surface area contributed by atoms with E-state index in [1.54, 1.807) is 7.05 Å². The van der Waals surface area contributed by atoms with Crippen LogP contribution in [0.5, 0.6) is 0 Å². The Hall–Kier alpha value is -2.01. The molecular weight excluding hydrogens is 322 g/mol. The van der Waals surface area contributed by atoms with Gasteiger partial charge in [0.1, 0.15) is 0 Å². The molecule has 24 heavy (non-hydrogen) atoms. The Kier molecular flexibility index (Phi) is 6.26. The molecule has 0 radical (unpaired) electrons. The van der Waals surface area contributed by atoms with Gasteiger partial charge in [-0.05, 0) is 50.5 Å². The molecule has 0 aliphatic carbocycles. The summed E-state index contributed by atoms with van der Waals surface area (Å²) in [4.78, 5) is 4.30. The van der Waals surface area contributed by atoms with Crippen molar-refractivity contribution in [1.82, 2.24) is 20.4 Å². The van der Waals surface area contributed by atoms with Gasteiger partial charge < -0.3 is 10.6 Å². The van der Waals surface area contributed by atoms with Crippen LogP contribution in [-0.4, -0.2) is 28.8 Å². The van der Waals surface area contributed by atoms with E-state index in [1.165, 1.54) is 11.3 Å². The second-order valence-electron chi connectivity index (χ2n) is 6.08. The van der Waals surface area contributed by atoms with Gasteiger partial charge in [0.25, 0.3) is 0 Å². The third kappa shape index (κ3) is 4.74. The van der Waals surface area contributed by atoms with Crippen LogP contribution in [0, 0.1) is 13.8 Å². The quantitative estimate of drug-likeness (QED) is 0.645. The van der Waals surface area contributed by atoms with E-state index in [1.807, 2.05) is 36.0 Å². The van der Waals surface area contributed by atoms with E-state index in [-0.39, 0.29) is 6.04 Å². The number of aliphatic imine (C=N–C) groups is 1. The van der Waals surface area contributed by atoms with Gasteiger partial charge in [-0.1, -0.05) is 23.7 Å². The molecule has 2 rings (SSSR count). The monoisotopic (exact) mass is 347 g/mol. The lowest BCUT2D eigenvalue weighted by Gasteiger charge is -2.18. The Labute approximate surface area is 149 Å². The van der Waals surface area contributed by atoms with Crippen molar-refractivity contribution >= 4 is 17.6 Å². The summed E-state index contributed by atoms with van der Waals surface area (Å²) >= 11 is 6.02. The van der Waals surface area contributed by atoms with Crippen molar-refractivity contribution in [2.45, 2.75) is 39.8 Å². The molecule has 6 heteroatoms. The smallest absolute Gasteiger partial charge is 0.191 e. The molecule has 1 unspecified atom stereocenters. The van der Waals surface area contributed by atoms with Crippen molar-refractivity contribution in [2.24, 2.45) is 12.0 Å². The van der Waals surface area contributed by atoms with Crippen LogP contribution in [-0.2, 0) is 20.0 Å². The molecule has 0 amide bonds. The first kappa shape index (κ1) is 18.3. The molecule has 2 aromatic rings. The topological polar surface area (TPSA) is 54.2 Å². The zero-order valence-corrected chi connectivity index (χ0v) is 15.8. The molecule has 130 valence electrons. The number of benzene rings is 1. The Morgan fingerprint density at radius 2 is 2.12 bits per heavy atom. The summed E-state index contributed by atoms with van der Waals surface area (Å²) in [6, 6.07) is 8.06. The summed E-state index contributed by atoms with van der Waals surface area (Å²) in [6.07, 6.45) is 0.906. The fourth-order valence-corrected chi connectivity index (χ4v) is 2.94. The van der Waals surface area contributed by atoms with Crippen molar-refractivity contribution in [3.63, 3.8) is 0 Å². The molecule has 1 heterocycles. The maximum Gasteiger partial charge on any atom is 0.191 e. The normalized spacial score (nSPS) is 13.0. The number of nitrogens with one attached hydrogen (secondary N) is 2. The molecule has 1 aromatic carbocycles. The maximum atomic E-state index is 6.02. The number of guanidine groups is 1. The van der Waals surface area contributed by atoms with E-state index in [4.69, 9.17) is 11.6 Å². The van der Waals surface area contributed by atoms with E-state index in [0.29, 0.717) is 6.54 Å². The minimum Gasteiger partial charge on any atom is -0.354 e. The van der Waals surface area contributed by atoms with Crippen LogP contribution >= 0.6 is 11.6 Å². The van der Waals surface area contributed by atoms with Gasteiger partial charge in [0, 0.05) is 37.4 Å². The van der Waals surface area contributed by atoms with Gasteiger partial charge >= 0.3 is 0 Å². The van der Waals surface area contributed by atoms with Crippen LogP contribution in [0.25, 0.3) is 0 Å². The molecule has 1 aromatic heterocycles. The zero-order valence-electron chi connectivity index (χ0n) is 15.0. The Morgan fingerprint density at radius 1 is 1.38 bits per heavy atom. The molecule has 5 nitrogen and oxygen atoms in total. The molecule has 0 aliphatic heterocycles. The van der Waals surface area contributed by atoms with Crippen LogP contribution in [0.15, 0.2) is 29.3 Å². The van der Waals surface area contributed by atoms with E-state index in [0.717, 1.165) is 28.7 Å². The minimum atomic E-state index is 0.247. The van der Waals surface area contributed by atoms with Gasteiger partial charge in [0.05, 0.1) is 5.69 Å². The highest BCUT2D eigenvalue weighted by Crippen LogP contribution is 2.14. The van der Waals surface area contributed by atoms with Gasteiger partial charge in [-0.3, -0.25) is 9.67 Å². The summed E-state index contributed by atoms with van der Waals surface area (Å²) in [7, 11) is 3.76. The van der Waals surface area contributed by atoms with Crippen LogP contribution in [0.4, 0.5) is 0 Å². The van der Waals surface area contributed by atoms with Crippen LogP contribution in [0.2, 0.25) is 5.02 Å². The Morgan fingerprint density at radius 3 is 2.71 bits per heavy atom.